The van der Waals surface area contributed by atoms with E-state index < -0.39 is 16.6 Å². The molecule has 0 aliphatic carbocycles. The topological polar surface area (TPSA) is 116 Å². The number of aromatic nitrogens is 1. The van der Waals surface area contributed by atoms with Crippen LogP contribution in [0.3, 0.4) is 0 Å². The Labute approximate surface area is 200 Å². The van der Waals surface area contributed by atoms with Crippen molar-refractivity contribution in [2.45, 2.75) is 46.8 Å². The molecule has 0 spiro atoms. The number of anilines is 1. The van der Waals surface area contributed by atoms with E-state index in [0.29, 0.717) is 23.2 Å². The Morgan fingerprint density at radius 3 is 2.26 bits per heavy atom. The quantitative estimate of drug-likeness (QED) is 0.262. The Hall–Kier alpha value is -3.72. The maximum atomic E-state index is 11.6. The lowest BCUT2D eigenvalue weighted by Crippen LogP contribution is -2.35. The van der Waals surface area contributed by atoms with Gasteiger partial charge in [0.15, 0.2) is 0 Å². The molecule has 3 rings (SSSR count). The number of carbonyl (C=O) groups is 1. The van der Waals surface area contributed by atoms with Gasteiger partial charge in [-0.25, -0.2) is 9.78 Å². The lowest BCUT2D eigenvalue weighted by Gasteiger charge is -2.20. The maximum Gasteiger partial charge on any atom is 0.409 e. The lowest BCUT2D eigenvalue weighted by atomic mass is 10.1. The molecule has 9 heteroatoms. The summed E-state index contributed by atoms with van der Waals surface area (Å²) in [5.74, 6) is 0. The third-order valence-corrected chi connectivity index (χ3v) is 4.00. The van der Waals surface area contributed by atoms with E-state index in [1.165, 1.54) is 11.8 Å². The number of alkyl carbamates (subject to hydrolysis) is 1. The highest BCUT2D eigenvalue weighted by atomic mass is 16.6. The molecule has 0 unspecified atom stereocenters. The van der Waals surface area contributed by atoms with Crippen LogP contribution in [0.15, 0.2) is 60.8 Å². The third-order valence-electron chi connectivity index (χ3n) is 4.00. The van der Waals surface area contributed by atoms with E-state index in [1.807, 2.05) is 44.2 Å². The predicted octanol–water partition coefficient (Wildman–Crippen LogP) is 5.90. The fourth-order valence-electron chi connectivity index (χ4n) is 2.71. The number of ether oxygens (including phenoxy) is 2. The Balaban J connectivity index is 0.000000437. The van der Waals surface area contributed by atoms with Crippen LogP contribution in [0.5, 0.6) is 0 Å². The lowest BCUT2D eigenvalue weighted by molar-refractivity contribution is -0.384. The van der Waals surface area contributed by atoms with E-state index in [9.17, 15) is 14.9 Å². The summed E-state index contributed by atoms with van der Waals surface area (Å²) in [7, 11) is 1.70. The van der Waals surface area contributed by atoms with Gasteiger partial charge in [-0.1, -0.05) is 62.4 Å². The average Bonchev–Trinajstić information content (AvgIpc) is 2.80. The van der Waals surface area contributed by atoms with Crippen molar-refractivity contribution >= 4 is 28.4 Å². The molecule has 0 atom stereocenters. The van der Waals surface area contributed by atoms with Gasteiger partial charge < -0.3 is 20.1 Å². The highest BCUT2D eigenvalue weighted by Crippen LogP contribution is 2.30. The van der Waals surface area contributed by atoms with Crippen molar-refractivity contribution in [3.8, 4) is 0 Å². The molecule has 2 aromatic carbocycles. The first-order valence-electron chi connectivity index (χ1n) is 11.0. The fraction of sp³-hybridized carbons (Fsp3) is 0.360. The molecule has 0 saturated carbocycles. The first kappa shape index (κ1) is 28.3. The Kier molecular flexibility index (Phi) is 12.0. The maximum absolute atomic E-state index is 11.6. The standard InChI is InChI=1S/C15H18N4O4.C8H10O.C2H6/c1-15(2,3)23-14(20)18-9-17-13-10-6-4-5-7-11(10)16-8-12(13)19(21)22;1-9-7-8-5-3-2-4-6-8;1-2/h4-8H,9H2,1-3H3,(H,16,17)(H,18,20);2-6H,7H2,1H3;1-2H3. The van der Waals surface area contributed by atoms with Gasteiger partial charge in [-0.3, -0.25) is 10.1 Å². The van der Waals surface area contributed by atoms with Gasteiger partial charge >= 0.3 is 11.8 Å². The summed E-state index contributed by atoms with van der Waals surface area (Å²) in [6, 6.07) is 17.1. The van der Waals surface area contributed by atoms with Crippen LogP contribution >= 0.6 is 0 Å². The van der Waals surface area contributed by atoms with Gasteiger partial charge in [0, 0.05) is 12.5 Å². The third kappa shape index (κ3) is 9.83. The highest BCUT2D eigenvalue weighted by molar-refractivity contribution is 5.95. The van der Waals surface area contributed by atoms with Gasteiger partial charge in [-0.05, 0) is 32.4 Å². The van der Waals surface area contributed by atoms with Crippen LogP contribution in [0.25, 0.3) is 10.9 Å². The number of nitro groups is 1. The summed E-state index contributed by atoms with van der Waals surface area (Å²) < 4.78 is 10.0. The molecule has 1 heterocycles. The molecular weight excluding hydrogens is 436 g/mol. The zero-order chi connectivity index (χ0) is 25.6. The van der Waals surface area contributed by atoms with E-state index in [4.69, 9.17) is 9.47 Å². The number of benzene rings is 2. The zero-order valence-corrected chi connectivity index (χ0v) is 20.6. The minimum Gasteiger partial charge on any atom is -0.444 e. The number of hydrogen-bond donors (Lipinski definition) is 2. The minimum atomic E-state index is -0.612. The number of amides is 1. The van der Waals surface area contributed by atoms with Crippen molar-refractivity contribution in [1.82, 2.24) is 10.3 Å². The summed E-state index contributed by atoms with van der Waals surface area (Å²) in [5.41, 5.74) is 1.38. The molecule has 0 aliphatic rings. The van der Waals surface area contributed by atoms with Gasteiger partial charge in [0.2, 0.25) is 0 Å². The van der Waals surface area contributed by atoms with Crippen LogP contribution in [-0.4, -0.2) is 35.4 Å². The molecule has 0 radical (unpaired) electrons. The molecule has 34 heavy (non-hydrogen) atoms. The number of carbonyl (C=O) groups excluding carboxylic acids is 1. The molecule has 3 aromatic rings. The van der Waals surface area contributed by atoms with Crippen LogP contribution in [0, 0.1) is 10.1 Å². The first-order valence-corrected chi connectivity index (χ1v) is 11.0. The molecular formula is C25H34N4O5. The first-order chi connectivity index (χ1) is 16.2. The molecule has 1 amide bonds. The zero-order valence-electron chi connectivity index (χ0n) is 20.6. The highest BCUT2D eigenvalue weighted by Gasteiger charge is 2.19. The number of rotatable bonds is 6. The molecule has 0 aliphatic heterocycles. The van der Waals surface area contributed by atoms with Crippen LogP contribution in [0.2, 0.25) is 0 Å². The largest absolute Gasteiger partial charge is 0.444 e. The number of methoxy groups -OCH3 is 1. The smallest absolute Gasteiger partial charge is 0.409 e. The van der Waals surface area contributed by atoms with Crippen molar-refractivity contribution in [1.29, 1.82) is 0 Å². The van der Waals surface area contributed by atoms with Gasteiger partial charge in [-0.2, -0.15) is 0 Å². The number of nitrogens with one attached hydrogen (secondary N) is 2. The number of para-hydroxylation sites is 1. The Morgan fingerprint density at radius 1 is 1.06 bits per heavy atom. The van der Waals surface area contributed by atoms with Gasteiger partial charge in [0.05, 0.1) is 23.7 Å². The van der Waals surface area contributed by atoms with Crippen LogP contribution in [-0.2, 0) is 16.1 Å². The van der Waals surface area contributed by atoms with E-state index in [2.05, 4.69) is 15.6 Å². The van der Waals surface area contributed by atoms with E-state index in [0.717, 1.165) is 0 Å². The normalized spacial score (nSPS) is 10.2. The SMILES string of the molecule is CC.CC(C)(C)OC(=O)NCNc1c([N+](=O)[O-])cnc2ccccc12.COCc1ccccc1. The Bertz CT molecular complexity index is 1040. The molecule has 0 bridgehead atoms. The van der Waals surface area contributed by atoms with Crippen LogP contribution < -0.4 is 10.6 Å². The summed E-state index contributed by atoms with van der Waals surface area (Å²) in [6.45, 7) is 9.95. The average molecular weight is 471 g/mol. The minimum absolute atomic E-state index is 0.0102. The second kappa shape index (κ2) is 14.4. The molecule has 1 aromatic heterocycles. The van der Waals surface area contributed by atoms with Gasteiger partial charge in [0.25, 0.3) is 0 Å². The van der Waals surface area contributed by atoms with Gasteiger partial charge in [0.1, 0.15) is 17.5 Å². The number of pyridine rings is 1. The van der Waals surface area contributed by atoms with E-state index in [1.54, 1.807) is 52.1 Å². The number of nitrogens with zero attached hydrogens (tertiary/aromatic N) is 2. The second-order valence-corrected chi connectivity index (χ2v) is 7.74. The number of fused-ring (bicyclic) bond motifs is 1. The van der Waals surface area contributed by atoms with Gasteiger partial charge in [-0.15, -0.1) is 0 Å². The van der Waals surface area contributed by atoms with Crippen LogP contribution in [0.1, 0.15) is 40.2 Å². The van der Waals surface area contributed by atoms with Crippen LogP contribution in [0.4, 0.5) is 16.2 Å². The summed E-state index contributed by atoms with van der Waals surface area (Å²) >= 11 is 0. The second-order valence-electron chi connectivity index (χ2n) is 7.74. The predicted molar refractivity (Wildman–Crippen MR) is 135 cm³/mol. The monoisotopic (exact) mass is 470 g/mol. The Morgan fingerprint density at radius 2 is 1.68 bits per heavy atom. The molecule has 9 nitrogen and oxygen atoms in total. The van der Waals surface area contributed by atoms with Crippen molar-refractivity contribution < 1.29 is 19.2 Å². The molecule has 0 saturated heterocycles. The number of hydrogen-bond acceptors (Lipinski definition) is 7. The van der Waals surface area contributed by atoms with Crippen molar-refractivity contribution in [3.63, 3.8) is 0 Å². The summed E-state index contributed by atoms with van der Waals surface area (Å²) in [4.78, 5) is 26.3. The van der Waals surface area contributed by atoms with E-state index in [-0.39, 0.29) is 12.4 Å². The molecule has 2 N–H and O–H groups in total. The van der Waals surface area contributed by atoms with Crippen molar-refractivity contribution in [2.24, 2.45) is 0 Å². The summed E-state index contributed by atoms with van der Waals surface area (Å²) in [6.07, 6.45) is 0.587. The molecule has 184 valence electrons. The van der Waals surface area contributed by atoms with Crippen molar-refractivity contribution in [3.05, 3.63) is 76.5 Å². The fourth-order valence-corrected chi connectivity index (χ4v) is 2.71. The molecule has 0 fully saturated rings. The summed E-state index contributed by atoms with van der Waals surface area (Å²) in [5, 5.41) is 17.1. The van der Waals surface area contributed by atoms with Crippen molar-refractivity contribution in [2.75, 3.05) is 19.1 Å². The van der Waals surface area contributed by atoms with E-state index >= 15 is 0 Å².